The number of hydrogen-bond donors (Lipinski definition) is 2. The molecule has 2 aromatic carbocycles. The molecule has 0 unspecified atom stereocenters. The Morgan fingerprint density at radius 1 is 1.09 bits per heavy atom. The highest BCUT2D eigenvalue weighted by atomic mass is 19.4. The first-order valence-corrected chi connectivity index (χ1v) is 9.82. The molecule has 0 radical (unpaired) electrons. The molecule has 0 saturated heterocycles. The summed E-state index contributed by atoms with van der Waals surface area (Å²) in [6.45, 7) is 0.841. The van der Waals surface area contributed by atoms with Crippen LogP contribution in [0, 0.1) is 0 Å². The number of anilines is 1. The van der Waals surface area contributed by atoms with Crippen molar-refractivity contribution in [3.63, 3.8) is 0 Å². The number of amides is 1. The molecule has 10 heteroatoms. The van der Waals surface area contributed by atoms with Gasteiger partial charge >= 0.3 is 6.18 Å². The standard InChI is InChI=1S/C22H20F3N5O2/c1-32-12-4-11-27-21(31)17-18-20(29-16-6-3-2-5-15(16)28-18)30(19(17)26)14-9-7-13(8-10-14)22(23,24)25/h2-3,5-10H,4,11-12,26H2,1H3,(H,27,31). The van der Waals surface area contributed by atoms with Gasteiger partial charge in [0, 0.05) is 25.9 Å². The van der Waals surface area contributed by atoms with Gasteiger partial charge in [0.25, 0.3) is 5.91 Å². The minimum atomic E-state index is -4.47. The molecule has 7 nitrogen and oxygen atoms in total. The highest BCUT2D eigenvalue weighted by molar-refractivity contribution is 6.11. The lowest BCUT2D eigenvalue weighted by Gasteiger charge is -2.11. The summed E-state index contributed by atoms with van der Waals surface area (Å²) in [5.74, 6) is -0.404. The van der Waals surface area contributed by atoms with Gasteiger partial charge in [0.2, 0.25) is 0 Å². The largest absolute Gasteiger partial charge is 0.416 e. The lowest BCUT2D eigenvalue weighted by Crippen LogP contribution is -2.26. The number of benzene rings is 2. The van der Waals surface area contributed by atoms with Crippen LogP contribution in [0.2, 0.25) is 0 Å². The number of rotatable bonds is 6. The Kier molecular flexibility index (Phi) is 5.70. The Bertz CT molecular complexity index is 1280. The number of carbonyl (C=O) groups is 1. The summed E-state index contributed by atoms with van der Waals surface area (Å²) in [7, 11) is 1.57. The molecule has 0 fully saturated rings. The van der Waals surface area contributed by atoms with Gasteiger partial charge in [-0.25, -0.2) is 9.97 Å². The lowest BCUT2D eigenvalue weighted by atomic mass is 10.2. The van der Waals surface area contributed by atoms with Gasteiger partial charge in [-0.3, -0.25) is 9.36 Å². The fraction of sp³-hybridized carbons (Fsp3) is 0.227. The third-order valence-corrected chi connectivity index (χ3v) is 4.99. The predicted molar refractivity (Wildman–Crippen MR) is 115 cm³/mol. The van der Waals surface area contributed by atoms with Crippen LogP contribution >= 0.6 is 0 Å². The SMILES string of the molecule is COCCCNC(=O)c1c(N)n(-c2ccc(C(F)(F)F)cc2)c2nc3ccccc3nc12. The van der Waals surface area contributed by atoms with Crippen LogP contribution in [0.15, 0.2) is 48.5 Å². The smallest absolute Gasteiger partial charge is 0.385 e. The maximum atomic E-state index is 13.0. The van der Waals surface area contributed by atoms with Gasteiger partial charge in [0.15, 0.2) is 5.65 Å². The molecule has 0 spiro atoms. The summed E-state index contributed by atoms with van der Waals surface area (Å²) in [4.78, 5) is 22.1. The van der Waals surface area contributed by atoms with Crippen molar-refractivity contribution in [3.8, 4) is 5.69 Å². The van der Waals surface area contributed by atoms with Gasteiger partial charge < -0.3 is 15.8 Å². The number of carbonyl (C=O) groups excluding carboxylic acids is 1. The molecule has 0 saturated carbocycles. The van der Waals surface area contributed by atoms with Crippen molar-refractivity contribution in [1.29, 1.82) is 0 Å². The van der Waals surface area contributed by atoms with E-state index in [-0.39, 0.29) is 22.5 Å². The second kappa shape index (κ2) is 8.46. The maximum Gasteiger partial charge on any atom is 0.416 e. The van der Waals surface area contributed by atoms with Crippen molar-refractivity contribution in [2.75, 3.05) is 26.0 Å². The maximum absolute atomic E-state index is 13.0. The molecule has 4 rings (SSSR count). The van der Waals surface area contributed by atoms with E-state index in [9.17, 15) is 18.0 Å². The first-order chi connectivity index (χ1) is 15.3. The number of aromatic nitrogens is 3. The number of hydrogen-bond acceptors (Lipinski definition) is 5. The highest BCUT2D eigenvalue weighted by Gasteiger charge is 2.30. The summed E-state index contributed by atoms with van der Waals surface area (Å²) in [5.41, 5.74) is 7.69. The van der Waals surface area contributed by atoms with E-state index in [2.05, 4.69) is 15.3 Å². The van der Waals surface area contributed by atoms with Crippen LogP contribution < -0.4 is 11.1 Å². The third kappa shape index (κ3) is 3.96. The molecule has 2 aromatic heterocycles. The summed E-state index contributed by atoms with van der Waals surface area (Å²) in [6, 6.07) is 11.6. The van der Waals surface area contributed by atoms with Gasteiger partial charge in [-0.05, 0) is 42.8 Å². The molecule has 0 aliphatic rings. The average molecular weight is 443 g/mol. The van der Waals surface area contributed by atoms with E-state index >= 15 is 0 Å². The summed E-state index contributed by atoms with van der Waals surface area (Å²) in [5, 5.41) is 2.78. The van der Waals surface area contributed by atoms with Gasteiger partial charge in [-0.2, -0.15) is 13.2 Å². The fourth-order valence-electron chi connectivity index (χ4n) is 3.45. The molecule has 2 heterocycles. The number of fused-ring (bicyclic) bond motifs is 2. The quantitative estimate of drug-likeness (QED) is 0.440. The molecule has 32 heavy (non-hydrogen) atoms. The average Bonchev–Trinajstić information content (AvgIpc) is 3.05. The van der Waals surface area contributed by atoms with Crippen LogP contribution in [0.25, 0.3) is 27.9 Å². The molecule has 166 valence electrons. The van der Waals surface area contributed by atoms with E-state index in [1.807, 2.05) is 0 Å². The van der Waals surface area contributed by atoms with Gasteiger partial charge in [0.05, 0.1) is 16.6 Å². The topological polar surface area (TPSA) is 95.1 Å². The van der Waals surface area contributed by atoms with E-state index in [0.717, 1.165) is 12.1 Å². The van der Waals surface area contributed by atoms with Crippen LogP contribution in [0.3, 0.4) is 0 Å². The minimum Gasteiger partial charge on any atom is -0.385 e. The fourth-order valence-corrected chi connectivity index (χ4v) is 3.45. The number of para-hydroxylation sites is 2. The molecule has 0 bridgehead atoms. The number of nitrogens with zero attached hydrogens (tertiary/aromatic N) is 3. The number of halogens is 3. The first kappa shape index (κ1) is 21.6. The van der Waals surface area contributed by atoms with E-state index in [0.29, 0.717) is 36.3 Å². The number of alkyl halides is 3. The van der Waals surface area contributed by atoms with Crippen LogP contribution in [-0.2, 0) is 10.9 Å². The van der Waals surface area contributed by atoms with E-state index in [4.69, 9.17) is 10.5 Å². The minimum absolute atomic E-state index is 0.0410. The number of ether oxygens (including phenoxy) is 1. The van der Waals surface area contributed by atoms with Crippen LogP contribution in [0.5, 0.6) is 0 Å². The van der Waals surface area contributed by atoms with Crippen molar-refractivity contribution in [2.24, 2.45) is 0 Å². The van der Waals surface area contributed by atoms with Crippen LogP contribution in [-0.4, -0.2) is 40.7 Å². The Labute approximate surface area is 181 Å². The number of nitrogen functional groups attached to an aromatic ring is 1. The van der Waals surface area contributed by atoms with Crippen molar-refractivity contribution in [2.45, 2.75) is 12.6 Å². The zero-order valence-corrected chi connectivity index (χ0v) is 17.1. The molecule has 4 aromatic rings. The second-order valence-corrected chi connectivity index (χ2v) is 7.13. The lowest BCUT2D eigenvalue weighted by molar-refractivity contribution is -0.137. The first-order valence-electron chi connectivity index (χ1n) is 9.82. The summed E-state index contributed by atoms with van der Waals surface area (Å²) >= 11 is 0. The zero-order chi connectivity index (χ0) is 22.9. The van der Waals surface area contributed by atoms with Crippen molar-refractivity contribution in [1.82, 2.24) is 19.9 Å². The van der Waals surface area contributed by atoms with Crippen molar-refractivity contribution >= 4 is 33.9 Å². The van der Waals surface area contributed by atoms with Crippen LogP contribution in [0.1, 0.15) is 22.3 Å². The number of nitrogens with two attached hydrogens (primary N) is 1. The molecule has 1 amide bonds. The summed E-state index contributed by atoms with van der Waals surface area (Å²) in [6.07, 6.45) is -3.86. The Balaban J connectivity index is 1.87. The second-order valence-electron chi connectivity index (χ2n) is 7.13. The molecule has 0 atom stereocenters. The predicted octanol–water partition coefficient (Wildman–Crippen LogP) is 3.94. The van der Waals surface area contributed by atoms with Crippen molar-refractivity contribution in [3.05, 3.63) is 59.7 Å². The van der Waals surface area contributed by atoms with Gasteiger partial charge in [-0.1, -0.05) is 12.1 Å². The summed E-state index contributed by atoms with van der Waals surface area (Å²) < 4.78 is 45.4. The van der Waals surface area contributed by atoms with E-state index < -0.39 is 17.6 Å². The van der Waals surface area contributed by atoms with E-state index in [1.165, 1.54) is 16.7 Å². The highest BCUT2D eigenvalue weighted by Crippen LogP contribution is 2.33. The molecule has 3 N–H and O–H groups in total. The van der Waals surface area contributed by atoms with Gasteiger partial charge in [0.1, 0.15) is 16.9 Å². The van der Waals surface area contributed by atoms with Gasteiger partial charge in [-0.15, -0.1) is 0 Å². The normalized spacial score (nSPS) is 11.9. The number of nitrogens with one attached hydrogen (secondary N) is 1. The zero-order valence-electron chi connectivity index (χ0n) is 17.1. The van der Waals surface area contributed by atoms with Crippen molar-refractivity contribution < 1.29 is 22.7 Å². The molecular formula is C22H20F3N5O2. The molecule has 0 aliphatic carbocycles. The van der Waals surface area contributed by atoms with Crippen LogP contribution in [0.4, 0.5) is 19.0 Å². The monoisotopic (exact) mass is 443 g/mol. The van der Waals surface area contributed by atoms with E-state index in [1.54, 1.807) is 31.4 Å². The third-order valence-electron chi connectivity index (χ3n) is 4.99. The molecule has 0 aliphatic heterocycles. The number of methoxy groups -OCH3 is 1. The molecular weight excluding hydrogens is 423 g/mol. The Hall–Kier alpha value is -3.66. The Morgan fingerprint density at radius 2 is 1.75 bits per heavy atom. The Morgan fingerprint density at radius 3 is 2.38 bits per heavy atom.